The maximum absolute atomic E-state index is 2.34. The predicted octanol–water partition coefficient (Wildman–Crippen LogP) is 4.02. The van der Waals surface area contributed by atoms with Crippen LogP contribution < -0.4 is 0 Å². The number of hydrogen-bond donors (Lipinski definition) is 0. The van der Waals surface area contributed by atoms with E-state index < -0.39 is 0 Å². The van der Waals surface area contributed by atoms with Crippen molar-refractivity contribution in [2.75, 3.05) is 0 Å². The molecule has 0 unspecified atom stereocenters. The van der Waals surface area contributed by atoms with Crippen LogP contribution in [0.1, 0.15) is 47.5 Å². The van der Waals surface area contributed by atoms with Gasteiger partial charge < -0.3 is 0 Å². The third-order valence-electron chi connectivity index (χ3n) is 2.31. The van der Waals surface area contributed by atoms with Crippen LogP contribution in [0.2, 0.25) is 0 Å². The zero-order valence-corrected chi connectivity index (χ0v) is 8.65. The summed E-state index contributed by atoms with van der Waals surface area (Å²) in [6.07, 6.45) is 4.92. The first-order valence-electron chi connectivity index (χ1n) is 4.67. The molecule has 0 bridgehead atoms. The summed E-state index contributed by atoms with van der Waals surface area (Å²) >= 11 is 0. The van der Waals surface area contributed by atoms with Crippen molar-refractivity contribution in [3.8, 4) is 0 Å². The second kappa shape index (κ2) is 5.40. The molecule has 0 aromatic heterocycles. The van der Waals surface area contributed by atoms with Gasteiger partial charge in [0.1, 0.15) is 0 Å². The van der Waals surface area contributed by atoms with E-state index in [4.69, 9.17) is 0 Å². The van der Waals surface area contributed by atoms with E-state index in [0.29, 0.717) is 0 Å². The third kappa shape index (κ3) is 6.15. The summed E-state index contributed by atoms with van der Waals surface area (Å²) in [6.45, 7) is 11.3. The second-order valence-corrected chi connectivity index (χ2v) is 4.08. The van der Waals surface area contributed by atoms with E-state index in [-0.39, 0.29) is 0 Å². The van der Waals surface area contributed by atoms with Crippen molar-refractivity contribution in [2.24, 2.45) is 11.8 Å². The first kappa shape index (κ1) is 10.7. The van der Waals surface area contributed by atoms with Crippen molar-refractivity contribution >= 4 is 0 Å². The molecule has 0 saturated carbocycles. The van der Waals surface area contributed by atoms with E-state index in [1.165, 1.54) is 18.4 Å². The van der Waals surface area contributed by atoms with Crippen molar-refractivity contribution in [3.63, 3.8) is 0 Å². The molecule has 11 heavy (non-hydrogen) atoms. The van der Waals surface area contributed by atoms with Crippen molar-refractivity contribution in [3.05, 3.63) is 11.6 Å². The van der Waals surface area contributed by atoms with Gasteiger partial charge in [-0.3, -0.25) is 0 Å². The monoisotopic (exact) mass is 154 g/mol. The number of allylic oxidation sites excluding steroid dienone is 2. The van der Waals surface area contributed by atoms with Crippen LogP contribution in [0.15, 0.2) is 11.6 Å². The topological polar surface area (TPSA) is 0 Å². The predicted molar refractivity (Wildman–Crippen MR) is 52.7 cm³/mol. The van der Waals surface area contributed by atoms with Gasteiger partial charge in [0.05, 0.1) is 0 Å². The highest BCUT2D eigenvalue weighted by Gasteiger charge is 2.04. The molecule has 0 aliphatic rings. The Morgan fingerprint density at radius 3 is 2.09 bits per heavy atom. The summed E-state index contributed by atoms with van der Waals surface area (Å²) in [5, 5.41) is 0. The summed E-state index contributed by atoms with van der Waals surface area (Å²) in [4.78, 5) is 0. The summed E-state index contributed by atoms with van der Waals surface area (Å²) in [6, 6.07) is 0. The van der Waals surface area contributed by atoms with E-state index in [2.05, 4.69) is 40.7 Å². The van der Waals surface area contributed by atoms with Gasteiger partial charge in [-0.25, -0.2) is 0 Å². The molecule has 0 fully saturated rings. The molecule has 0 heterocycles. The molecular formula is C11H22. The standard InChI is InChI=1S/C11H22/c1-9(2)7-6-8-11(5)10(3)4/h7,10-11H,6,8H2,1-5H3/t11-/m0/s1. The van der Waals surface area contributed by atoms with Gasteiger partial charge in [0.2, 0.25) is 0 Å². The first-order valence-corrected chi connectivity index (χ1v) is 4.67. The van der Waals surface area contributed by atoms with E-state index in [1.807, 2.05) is 0 Å². The highest BCUT2D eigenvalue weighted by molar-refractivity contribution is 4.92. The minimum absolute atomic E-state index is 0.834. The Balaban J connectivity index is 3.47. The molecule has 0 nitrogen and oxygen atoms in total. The molecule has 0 aliphatic heterocycles. The van der Waals surface area contributed by atoms with Crippen molar-refractivity contribution in [1.82, 2.24) is 0 Å². The van der Waals surface area contributed by atoms with Gasteiger partial charge in [-0.05, 0) is 38.5 Å². The van der Waals surface area contributed by atoms with Gasteiger partial charge in [-0.15, -0.1) is 0 Å². The SMILES string of the molecule is CC(C)=CCC[C@H](C)C(C)C. The Morgan fingerprint density at radius 1 is 1.18 bits per heavy atom. The van der Waals surface area contributed by atoms with Gasteiger partial charge in [0, 0.05) is 0 Å². The summed E-state index contributed by atoms with van der Waals surface area (Å²) in [7, 11) is 0. The normalized spacial score (nSPS) is 13.3. The lowest BCUT2D eigenvalue weighted by molar-refractivity contribution is 0.395. The zero-order valence-electron chi connectivity index (χ0n) is 8.65. The molecule has 0 rings (SSSR count). The van der Waals surface area contributed by atoms with E-state index in [1.54, 1.807) is 0 Å². The fourth-order valence-electron chi connectivity index (χ4n) is 0.968. The summed E-state index contributed by atoms with van der Waals surface area (Å²) < 4.78 is 0. The van der Waals surface area contributed by atoms with Gasteiger partial charge >= 0.3 is 0 Å². The Kier molecular flexibility index (Phi) is 5.27. The van der Waals surface area contributed by atoms with E-state index in [9.17, 15) is 0 Å². The molecule has 0 aliphatic carbocycles. The Labute approximate surface area is 71.7 Å². The molecule has 66 valence electrons. The lowest BCUT2D eigenvalue weighted by Crippen LogP contribution is -2.02. The van der Waals surface area contributed by atoms with Crippen LogP contribution >= 0.6 is 0 Å². The van der Waals surface area contributed by atoms with Crippen molar-refractivity contribution in [1.29, 1.82) is 0 Å². The van der Waals surface area contributed by atoms with Crippen LogP contribution in [0.3, 0.4) is 0 Å². The maximum Gasteiger partial charge on any atom is -0.0346 e. The van der Waals surface area contributed by atoms with Crippen LogP contribution in [0, 0.1) is 11.8 Å². The lowest BCUT2D eigenvalue weighted by Gasteiger charge is -2.13. The lowest BCUT2D eigenvalue weighted by atomic mass is 9.93. The zero-order chi connectivity index (χ0) is 8.85. The average Bonchev–Trinajstić information content (AvgIpc) is 1.86. The Morgan fingerprint density at radius 2 is 1.73 bits per heavy atom. The molecule has 0 N–H and O–H groups in total. The minimum atomic E-state index is 0.834. The molecule has 0 spiro atoms. The van der Waals surface area contributed by atoms with Gasteiger partial charge in [0.15, 0.2) is 0 Å². The quantitative estimate of drug-likeness (QED) is 0.536. The molecular weight excluding hydrogens is 132 g/mol. The highest BCUT2D eigenvalue weighted by atomic mass is 14.1. The molecule has 0 amide bonds. The third-order valence-corrected chi connectivity index (χ3v) is 2.31. The molecule has 0 saturated heterocycles. The Hall–Kier alpha value is -0.260. The number of hydrogen-bond acceptors (Lipinski definition) is 0. The van der Waals surface area contributed by atoms with Gasteiger partial charge in [-0.1, -0.05) is 32.4 Å². The van der Waals surface area contributed by atoms with Crippen LogP contribution in [0.25, 0.3) is 0 Å². The highest BCUT2D eigenvalue weighted by Crippen LogP contribution is 2.16. The van der Waals surface area contributed by atoms with Gasteiger partial charge in [-0.2, -0.15) is 0 Å². The van der Waals surface area contributed by atoms with Crippen LogP contribution in [0.4, 0.5) is 0 Å². The average molecular weight is 154 g/mol. The molecule has 1 atom stereocenters. The van der Waals surface area contributed by atoms with Crippen LogP contribution in [-0.4, -0.2) is 0 Å². The second-order valence-electron chi connectivity index (χ2n) is 4.08. The molecule has 0 aromatic rings. The van der Waals surface area contributed by atoms with Crippen LogP contribution in [0.5, 0.6) is 0 Å². The summed E-state index contributed by atoms with van der Waals surface area (Å²) in [5.74, 6) is 1.70. The molecule has 0 radical (unpaired) electrons. The first-order chi connectivity index (χ1) is 5.04. The van der Waals surface area contributed by atoms with Crippen LogP contribution in [-0.2, 0) is 0 Å². The Bertz CT molecular complexity index is 116. The number of rotatable bonds is 4. The van der Waals surface area contributed by atoms with Crippen molar-refractivity contribution < 1.29 is 0 Å². The molecule has 0 aromatic carbocycles. The van der Waals surface area contributed by atoms with E-state index >= 15 is 0 Å². The smallest absolute Gasteiger partial charge is 0.0346 e. The van der Waals surface area contributed by atoms with Gasteiger partial charge in [0.25, 0.3) is 0 Å². The van der Waals surface area contributed by atoms with E-state index in [0.717, 1.165) is 11.8 Å². The summed E-state index contributed by atoms with van der Waals surface area (Å²) in [5.41, 5.74) is 1.45. The largest absolute Gasteiger partial charge is 0.0859 e. The fraction of sp³-hybridized carbons (Fsp3) is 0.818. The maximum atomic E-state index is 2.34. The molecule has 0 heteroatoms. The van der Waals surface area contributed by atoms with Crippen molar-refractivity contribution in [2.45, 2.75) is 47.5 Å². The minimum Gasteiger partial charge on any atom is -0.0859 e. The fourth-order valence-corrected chi connectivity index (χ4v) is 0.968.